The van der Waals surface area contributed by atoms with E-state index in [-0.39, 0.29) is 17.4 Å². The number of aryl methyl sites for hydroxylation is 1. The third-order valence-electron chi connectivity index (χ3n) is 4.22. The summed E-state index contributed by atoms with van der Waals surface area (Å²) >= 11 is 0. The molecule has 0 aliphatic rings. The largest absolute Gasteiger partial charge is 0.352 e. The Morgan fingerprint density at radius 3 is 2.56 bits per heavy atom. The van der Waals surface area contributed by atoms with E-state index in [2.05, 4.69) is 45.0 Å². The Balaban J connectivity index is 2.54. The van der Waals surface area contributed by atoms with E-state index in [0.717, 1.165) is 35.3 Å². The maximum atomic E-state index is 12.8. The van der Waals surface area contributed by atoms with Crippen molar-refractivity contribution in [1.82, 2.24) is 20.1 Å². The number of amides is 1. The second kappa shape index (κ2) is 7.52. The molecule has 0 aliphatic heterocycles. The number of rotatable bonds is 6. The van der Waals surface area contributed by atoms with Gasteiger partial charge in [-0.1, -0.05) is 13.8 Å². The molecule has 6 nitrogen and oxygen atoms in total. The summed E-state index contributed by atoms with van der Waals surface area (Å²) in [7, 11) is 0. The maximum Gasteiger partial charge on any atom is 0.252 e. The van der Waals surface area contributed by atoms with Crippen LogP contribution in [0.4, 0.5) is 0 Å². The van der Waals surface area contributed by atoms with Gasteiger partial charge in [0.25, 0.3) is 5.91 Å². The molecule has 0 aromatic carbocycles. The molecule has 3 N–H and O–H groups in total. The minimum atomic E-state index is -0.204. The van der Waals surface area contributed by atoms with E-state index in [1.807, 2.05) is 17.7 Å². The van der Waals surface area contributed by atoms with E-state index in [0.29, 0.717) is 18.7 Å². The van der Waals surface area contributed by atoms with Crippen LogP contribution in [0.1, 0.15) is 75.1 Å². The van der Waals surface area contributed by atoms with Crippen molar-refractivity contribution in [2.24, 2.45) is 5.73 Å². The first kappa shape index (κ1) is 19.4. The number of carbonyl (C=O) groups is 1. The van der Waals surface area contributed by atoms with E-state index in [1.165, 1.54) is 0 Å². The SMILES string of the molecule is Cc1nn(C(C)(C)C)c2nc(C(C)C)cc(C(=O)NCCCCN)c12. The first-order valence-electron chi connectivity index (χ1n) is 9.05. The molecular formula is C19H31N5O. The third-order valence-corrected chi connectivity index (χ3v) is 4.22. The topological polar surface area (TPSA) is 85.8 Å². The maximum absolute atomic E-state index is 12.8. The van der Waals surface area contributed by atoms with Gasteiger partial charge in [-0.3, -0.25) is 4.79 Å². The van der Waals surface area contributed by atoms with Crippen LogP contribution in [0.25, 0.3) is 11.0 Å². The third kappa shape index (κ3) is 4.18. The molecule has 2 aromatic heterocycles. The average Bonchev–Trinajstić information content (AvgIpc) is 2.88. The Kier molecular flexibility index (Phi) is 5.83. The number of fused-ring (bicyclic) bond motifs is 1. The molecule has 2 aromatic rings. The zero-order valence-corrected chi connectivity index (χ0v) is 16.3. The number of pyridine rings is 1. The van der Waals surface area contributed by atoms with Gasteiger partial charge in [-0.2, -0.15) is 5.10 Å². The number of hydrogen-bond donors (Lipinski definition) is 2. The Labute approximate surface area is 150 Å². The predicted molar refractivity (Wildman–Crippen MR) is 102 cm³/mol. The van der Waals surface area contributed by atoms with Crippen molar-refractivity contribution >= 4 is 16.9 Å². The fraction of sp³-hybridized carbons (Fsp3) is 0.632. The molecule has 0 radical (unpaired) electrons. The molecule has 1 amide bonds. The fourth-order valence-electron chi connectivity index (χ4n) is 2.82. The van der Waals surface area contributed by atoms with Gasteiger partial charge in [0.1, 0.15) is 0 Å². The molecule has 0 bridgehead atoms. The monoisotopic (exact) mass is 345 g/mol. The van der Waals surface area contributed by atoms with E-state index >= 15 is 0 Å². The summed E-state index contributed by atoms with van der Waals surface area (Å²) in [4.78, 5) is 17.6. The number of unbranched alkanes of at least 4 members (excludes halogenated alkanes) is 1. The summed E-state index contributed by atoms with van der Waals surface area (Å²) in [6, 6.07) is 1.91. The van der Waals surface area contributed by atoms with Crippen LogP contribution in [0.3, 0.4) is 0 Å². The number of hydrogen-bond acceptors (Lipinski definition) is 4. The Morgan fingerprint density at radius 1 is 1.32 bits per heavy atom. The van der Waals surface area contributed by atoms with Crippen molar-refractivity contribution in [3.8, 4) is 0 Å². The first-order chi connectivity index (χ1) is 11.7. The highest BCUT2D eigenvalue weighted by Crippen LogP contribution is 2.28. The van der Waals surface area contributed by atoms with Gasteiger partial charge in [0.2, 0.25) is 0 Å². The van der Waals surface area contributed by atoms with Crippen LogP contribution in [0.2, 0.25) is 0 Å². The second-order valence-corrected chi connectivity index (χ2v) is 7.87. The van der Waals surface area contributed by atoms with Crippen LogP contribution in [0, 0.1) is 6.92 Å². The fourth-order valence-corrected chi connectivity index (χ4v) is 2.82. The Morgan fingerprint density at radius 2 is 2.00 bits per heavy atom. The van der Waals surface area contributed by atoms with Crippen LogP contribution in [0.5, 0.6) is 0 Å². The van der Waals surface area contributed by atoms with E-state index in [4.69, 9.17) is 10.7 Å². The predicted octanol–water partition coefficient (Wildman–Crippen LogP) is 3.09. The Hall–Kier alpha value is -1.95. The highest BCUT2D eigenvalue weighted by molar-refractivity contribution is 6.06. The molecule has 2 rings (SSSR count). The van der Waals surface area contributed by atoms with Gasteiger partial charge in [0.15, 0.2) is 5.65 Å². The summed E-state index contributed by atoms with van der Waals surface area (Å²) in [6.45, 7) is 13.7. The molecular weight excluding hydrogens is 314 g/mol. The first-order valence-corrected chi connectivity index (χ1v) is 9.05. The van der Waals surface area contributed by atoms with Crippen molar-refractivity contribution in [2.45, 2.75) is 65.8 Å². The highest BCUT2D eigenvalue weighted by atomic mass is 16.1. The second-order valence-electron chi connectivity index (χ2n) is 7.87. The molecule has 0 saturated carbocycles. The van der Waals surface area contributed by atoms with Gasteiger partial charge < -0.3 is 11.1 Å². The van der Waals surface area contributed by atoms with Gasteiger partial charge in [0, 0.05) is 12.2 Å². The molecule has 0 fully saturated rings. The van der Waals surface area contributed by atoms with Crippen LogP contribution < -0.4 is 11.1 Å². The molecule has 0 saturated heterocycles. The summed E-state index contributed by atoms with van der Waals surface area (Å²) < 4.78 is 1.93. The minimum Gasteiger partial charge on any atom is -0.352 e. The summed E-state index contributed by atoms with van der Waals surface area (Å²) in [6.07, 6.45) is 1.79. The van der Waals surface area contributed by atoms with Crippen molar-refractivity contribution in [3.63, 3.8) is 0 Å². The van der Waals surface area contributed by atoms with Crippen molar-refractivity contribution in [2.75, 3.05) is 13.1 Å². The van der Waals surface area contributed by atoms with Gasteiger partial charge >= 0.3 is 0 Å². The summed E-state index contributed by atoms with van der Waals surface area (Å²) in [5, 5.41) is 8.52. The highest BCUT2D eigenvalue weighted by Gasteiger charge is 2.25. The lowest BCUT2D eigenvalue weighted by molar-refractivity contribution is 0.0954. The van der Waals surface area contributed by atoms with Crippen molar-refractivity contribution in [3.05, 3.63) is 23.0 Å². The molecule has 0 atom stereocenters. The zero-order valence-electron chi connectivity index (χ0n) is 16.3. The molecule has 0 spiro atoms. The lowest BCUT2D eigenvalue weighted by Gasteiger charge is -2.20. The number of nitrogens with two attached hydrogens (primary N) is 1. The molecule has 0 unspecified atom stereocenters. The van der Waals surface area contributed by atoms with E-state index < -0.39 is 0 Å². The normalized spacial score (nSPS) is 12.2. The standard InChI is InChI=1S/C19H31N5O/c1-12(2)15-11-14(18(25)21-10-8-7-9-20)16-13(3)23-24(17(16)22-15)19(4,5)6/h11-12H,7-10,20H2,1-6H3,(H,21,25). The van der Waals surface area contributed by atoms with E-state index in [9.17, 15) is 4.79 Å². The van der Waals surface area contributed by atoms with Crippen molar-refractivity contribution < 1.29 is 4.79 Å². The molecule has 6 heteroatoms. The molecule has 0 aliphatic carbocycles. The molecule has 138 valence electrons. The minimum absolute atomic E-state index is 0.0668. The number of carbonyl (C=O) groups excluding carboxylic acids is 1. The average molecular weight is 345 g/mol. The Bertz CT molecular complexity index is 755. The quantitative estimate of drug-likeness (QED) is 0.788. The number of nitrogens with one attached hydrogen (secondary N) is 1. The summed E-state index contributed by atoms with van der Waals surface area (Å²) in [5.74, 6) is 0.166. The van der Waals surface area contributed by atoms with Crippen LogP contribution in [-0.4, -0.2) is 33.8 Å². The molecule has 2 heterocycles. The van der Waals surface area contributed by atoms with Crippen LogP contribution in [0.15, 0.2) is 6.07 Å². The van der Waals surface area contributed by atoms with Crippen LogP contribution >= 0.6 is 0 Å². The van der Waals surface area contributed by atoms with Gasteiger partial charge in [-0.25, -0.2) is 9.67 Å². The lowest BCUT2D eigenvalue weighted by atomic mass is 10.0. The van der Waals surface area contributed by atoms with Gasteiger partial charge in [0.05, 0.1) is 22.2 Å². The van der Waals surface area contributed by atoms with Gasteiger partial charge in [-0.15, -0.1) is 0 Å². The molecule has 25 heavy (non-hydrogen) atoms. The smallest absolute Gasteiger partial charge is 0.252 e. The van der Waals surface area contributed by atoms with E-state index in [1.54, 1.807) is 0 Å². The summed E-state index contributed by atoms with van der Waals surface area (Å²) in [5.41, 5.74) is 8.49. The van der Waals surface area contributed by atoms with Crippen LogP contribution in [-0.2, 0) is 5.54 Å². The number of aromatic nitrogens is 3. The van der Waals surface area contributed by atoms with Crippen molar-refractivity contribution in [1.29, 1.82) is 0 Å². The zero-order chi connectivity index (χ0) is 18.8. The van der Waals surface area contributed by atoms with Gasteiger partial charge in [-0.05, 0) is 59.1 Å². The number of nitrogens with zero attached hydrogens (tertiary/aromatic N) is 3. The lowest BCUT2D eigenvalue weighted by Crippen LogP contribution is -2.26.